The molecule has 0 amide bonds. The molecule has 24 heavy (non-hydrogen) atoms. The average molecular weight is 327 g/mol. The Morgan fingerprint density at radius 3 is 2.67 bits per heavy atom. The lowest BCUT2D eigenvalue weighted by Crippen LogP contribution is -2.42. The summed E-state index contributed by atoms with van der Waals surface area (Å²) in [5.74, 6) is 0.565. The van der Waals surface area contributed by atoms with E-state index in [4.69, 9.17) is 4.74 Å². The number of hydrogen-bond acceptors (Lipinski definition) is 4. The van der Waals surface area contributed by atoms with Gasteiger partial charge >= 0.3 is 0 Å². The number of benzene rings is 1. The second-order valence-electron chi connectivity index (χ2n) is 7.25. The first-order chi connectivity index (χ1) is 11.8. The topological polar surface area (TPSA) is 50.5 Å². The number of aliphatic hydroxyl groups excluding tert-OH is 1. The molecule has 4 rings (SSSR count). The Morgan fingerprint density at radius 1 is 1.21 bits per heavy atom. The highest BCUT2D eigenvalue weighted by Gasteiger charge is 2.47. The molecule has 1 aromatic carbocycles. The van der Waals surface area contributed by atoms with E-state index in [1.807, 2.05) is 23.1 Å². The lowest BCUT2D eigenvalue weighted by molar-refractivity contribution is -0.0561. The maximum absolute atomic E-state index is 9.88. The van der Waals surface area contributed by atoms with Crippen LogP contribution in [0.2, 0.25) is 0 Å². The Kier molecular flexibility index (Phi) is 4.39. The molecule has 5 nitrogen and oxygen atoms in total. The molecule has 2 fully saturated rings. The fraction of sp³-hybridized carbons (Fsp3) is 0.526. The molecule has 1 aromatic heterocycles. The van der Waals surface area contributed by atoms with Gasteiger partial charge in [0.15, 0.2) is 0 Å². The molecule has 0 aliphatic carbocycles. The van der Waals surface area contributed by atoms with Crippen LogP contribution < -0.4 is 0 Å². The van der Waals surface area contributed by atoms with Crippen LogP contribution in [0.15, 0.2) is 42.7 Å². The molecule has 1 N–H and O–H groups in total. The molecule has 2 aliphatic rings. The molecule has 5 heteroatoms. The third-order valence-electron chi connectivity index (χ3n) is 5.53. The van der Waals surface area contributed by atoms with Crippen molar-refractivity contribution in [3.05, 3.63) is 53.9 Å². The van der Waals surface area contributed by atoms with Crippen LogP contribution in [0.1, 0.15) is 17.5 Å². The van der Waals surface area contributed by atoms with Crippen molar-refractivity contribution in [2.75, 3.05) is 32.9 Å². The van der Waals surface area contributed by atoms with Crippen molar-refractivity contribution >= 4 is 0 Å². The summed E-state index contributed by atoms with van der Waals surface area (Å²) >= 11 is 0. The Hall–Kier alpha value is -1.69. The summed E-state index contributed by atoms with van der Waals surface area (Å²) in [6.07, 6.45) is 4.86. The van der Waals surface area contributed by atoms with Crippen LogP contribution in [0.4, 0.5) is 0 Å². The molecular formula is C19H25N3O2. The minimum absolute atomic E-state index is 0.0434. The van der Waals surface area contributed by atoms with Gasteiger partial charge in [-0.3, -0.25) is 9.58 Å². The average Bonchev–Trinajstić information content (AvgIpc) is 3.24. The summed E-state index contributed by atoms with van der Waals surface area (Å²) in [5.41, 5.74) is 2.54. The molecule has 128 valence electrons. The molecule has 2 aliphatic heterocycles. The van der Waals surface area contributed by atoms with E-state index >= 15 is 0 Å². The monoisotopic (exact) mass is 327 g/mol. The maximum Gasteiger partial charge on any atom is 0.0659 e. The number of fused-ring (bicyclic) bond motifs is 1. The molecule has 2 aromatic rings. The Labute approximate surface area is 142 Å². The zero-order chi connectivity index (χ0) is 16.4. The normalized spacial score (nSPS) is 27.3. The minimum atomic E-state index is -0.0434. The van der Waals surface area contributed by atoms with Gasteiger partial charge in [0.2, 0.25) is 0 Å². The van der Waals surface area contributed by atoms with Crippen molar-refractivity contribution in [2.45, 2.75) is 19.5 Å². The van der Waals surface area contributed by atoms with E-state index < -0.39 is 0 Å². The standard InChI is InChI=1S/C19H25N3O2/c23-14-19-13-21(12-18(19)6-9-24-15-19)10-16-2-4-17(5-3-16)11-22-8-1-7-20-22/h1-5,7-8,18,23H,6,9-15H2/t18-,19+/m0/s1. The zero-order valence-corrected chi connectivity index (χ0v) is 14.0. The lowest BCUT2D eigenvalue weighted by Gasteiger charge is -2.36. The van der Waals surface area contributed by atoms with Crippen molar-refractivity contribution < 1.29 is 9.84 Å². The Morgan fingerprint density at radius 2 is 2.00 bits per heavy atom. The number of rotatable bonds is 5. The lowest BCUT2D eigenvalue weighted by atomic mass is 9.76. The molecule has 0 unspecified atom stereocenters. The quantitative estimate of drug-likeness (QED) is 0.909. The van der Waals surface area contributed by atoms with Crippen LogP contribution in [-0.2, 0) is 17.8 Å². The summed E-state index contributed by atoms with van der Waals surface area (Å²) in [7, 11) is 0. The van der Waals surface area contributed by atoms with Gasteiger partial charge in [0, 0.05) is 44.0 Å². The molecule has 0 radical (unpaired) electrons. The van der Waals surface area contributed by atoms with E-state index in [9.17, 15) is 5.11 Å². The van der Waals surface area contributed by atoms with Gasteiger partial charge in [0.25, 0.3) is 0 Å². The summed E-state index contributed by atoms with van der Waals surface area (Å²) in [5, 5.41) is 14.1. The first-order valence-corrected chi connectivity index (χ1v) is 8.74. The van der Waals surface area contributed by atoms with Crippen molar-refractivity contribution in [3.8, 4) is 0 Å². The van der Waals surface area contributed by atoms with E-state index in [1.54, 1.807) is 0 Å². The number of nitrogens with zero attached hydrogens (tertiary/aromatic N) is 3. The van der Waals surface area contributed by atoms with E-state index in [2.05, 4.69) is 34.3 Å². The molecular weight excluding hydrogens is 302 g/mol. The summed E-state index contributed by atoms with van der Waals surface area (Å²) in [4.78, 5) is 2.47. The van der Waals surface area contributed by atoms with Crippen LogP contribution in [0.25, 0.3) is 0 Å². The third kappa shape index (κ3) is 3.11. The molecule has 2 saturated heterocycles. The number of ether oxygens (including phenoxy) is 1. The van der Waals surface area contributed by atoms with E-state index in [-0.39, 0.29) is 12.0 Å². The smallest absolute Gasteiger partial charge is 0.0659 e. The molecule has 0 bridgehead atoms. The van der Waals surface area contributed by atoms with Crippen LogP contribution in [0.3, 0.4) is 0 Å². The number of aromatic nitrogens is 2. The largest absolute Gasteiger partial charge is 0.396 e. The van der Waals surface area contributed by atoms with Gasteiger partial charge in [0.05, 0.1) is 19.8 Å². The van der Waals surface area contributed by atoms with Crippen LogP contribution in [0, 0.1) is 11.3 Å². The Bertz CT molecular complexity index is 656. The van der Waals surface area contributed by atoms with Crippen LogP contribution >= 0.6 is 0 Å². The first kappa shape index (κ1) is 15.8. The Balaban J connectivity index is 1.39. The van der Waals surface area contributed by atoms with Crippen molar-refractivity contribution in [2.24, 2.45) is 11.3 Å². The second-order valence-corrected chi connectivity index (χ2v) is 7.25. The number of aliphatic hydroxyl groups is 1. The second kappa shape index (κ2) is 6.67. The van der Waals surface area contributed by atoms with Crippen LogP contribution in [-0.4, -0.2) is 52.7 Å². The fourth-order valence-electron chi connectivity index (χ4n) is 4.14. The van der Waals surface area contributed by atoms with Crippen molar-refractivity contribution in [1.29, 1.82) is 0 Å². The first-order valence-electron chi connectivity index (χ1n) is 8.74. The highest BCUT2D eigenvalue weighted by molar-refractivity contribution is 5.23. The summed E-state index contributed by atoms with van der Waals surface area (Å²) in [6.45, 7) is 5.53. The van der Waals surface area contributed by atoms with Gasteiger partial charge in [-0.05, 0) is 29.5 Å². The van der Waals surface area contributed by atoms with Crippen LogP contribution in [0.5, 0.6) is 0 Å². The highest BCUT2D eigenvalue weighted by atomic mass is 16.5. The maximum atomic E-state index is 9.88. The van der Waals surface area contributed by atoms with E-state index in [0.29, 0.717) is 12.5 Å². The minimum Gasteiger partial charge on any atom is -0.396 e. The van der Waals surface area contributed by atoms with Gasteiger partial charge in [-0.1, -0.05) is 24.3 Å². The van der Waals surface area contributed by atoms with Gasteiger partial charge in [0.1, 0.15) is 0 Å². The molecule has 0 spiro atoms. The van der Waals surface area contributed by atoms with Crippen molar-refractivity contribution in [3.63, 3.8) is 0 Å². The summed E-state index contributed by atoms with van der Waals surface area (Å²) < 4.78 is 7.58. The zero-order valence-electron chi connectivity index (χ0n) is 14.0. The highest BCUT2D eigenvalue weighted by Crippen LogP contribution is 2.41. The SMILES string of the molecule is OC[C@]12COCC[C@H]1CN(Cc1ccc(Cn3cccn3)cc1)C2. The summed E-state index contributed by atoms with van der Waals surface area (Å²) in [6, 6.07) is 10.7. The predicted octanol–water partition coefficient (Wildman–Crippen LogP) is 1.76. The number of likely N-dealkylation sites (tertiary alicyclic amines) is 1. The van der Waals surface area contributed by atoms with Gasteiger partial charge < -0.3 is 9.84 Å². The van der Waals surface area contributed by atoms with Gasteiger partial charge in [-0.15, -0.1) is 0 Å². The van der Waals surface area contributed by atoms with Gasteiger partial charge in [-0.2, -0.15) is 5.10 Å². The van der Waals surface area contributed by atoms with Crippen molar-refractivity contribution in [1.82, 2.24) is 14.7 Å². The third-order valence-corrected chi connectivity index (χ3v) is 5.53. The fourth-order valence-corrected chi connectivity index (χ4v) is 4.14. The molecule has 2 atom stereocenters. The number of hydrogen-bond donors (Lipinski definition) is 1. The van der Waals surface area contributed by atoms with E-state index in [0.717, 1.165) is 39.2 Å². The van der Waals surface area contributed by atoms with E-state index in [1.165, 1.54) is 11.1 Å². The van der Waals surface area contributed by atoms with Gasteiger partial charge in [-0.25, -0.2) is 0 Å². The molecule has 0 saturated carbocycles. The predicted molar refractivity (Wildman–Crippen MR) is 91.5 cm³/mol. The molecule has 3 heterocycles.